The molecule has 0 fully saturated rings. The van der Waals surface area contributed by atoms with Gasteiger partial charge in [0.2, 0.25) is 0 Å². The Morgan fingerprint density at radius 1 is 1.09 bits per heavy atom. The summed E-state index contributed by atoms with van der Waals surface area (Å²) in [6.07, 6.45) is 3.55. The normalized spacial score (nSPS) is 15.1. The van der Waals surface area contributed by atoms with Crippen LogP contribution in [0.25, 0.3) is 23.0 Å². The minimum atomic E-state index is -0.593. The Hall–Kier alpha value is -4.44. The highest BCUT2D eigenvalue weighted by molar-refractivity contribution is 6.19. The average molecular weight is 453 g/mol. The third kappa shape index (κ3) is 4.02. The third-order valence-electron chi connectivity index (χ3n) is 5.77. The molecule has 0 radical (unpaired) electrons. The number of nitrogens with zero attached hydrogens (tertiary/aromatic N) is 4. The Kier molecular flexibility index (Phi) is 6.15. The molecule has 1 aliphatic rings. The highest BCUT2D eigenvalue weighted by Crippen LogP contribution is 2.33. The van der Waals surface area contributed by atoms with Crippen molar-refractivity contribution in [2.75, 3.05) is 13.7 Å². The van der Waals surface area contributed by atoms with Gasteiger partial charge in [-0.25, -0.2) is 4.68 Å². The second-order valence-electron chi connectivity index (χ2n) is 7.96. The first-order chi connectivity index (χ1) is 16.3. The molecule has 0 spiro atoms. The molecule has 0 unspecified atom stereocenters. The number of imide groups is 1. The van der Waals surface area contributed by atoms with Crippen molar-refractivity contribution in [3.05, 3.63) is 82.6 Å². The van der Waals surface area contributed by atoms with E-state index in [2.05, 4.69) is 0 Å². The number of hydrogen-bond donors (Lipinski definition) is 0. The molecule has 34 heavy (non-hydrogen) atoms. The largest absolute Gasteiger partial charge is 0.494 e. The molecule has 3 aromatic rings. The van der Waals surface area contributed by atoms with Crippen LogP contribution in [0.5, 0.6) is 5.75 Å². The summed E-state index contributed by atoms with van der Waals surface area (Å²) in [5, 5.41) is 14.3. The van der Waals surface area contributed by atoms with Crippen molar-refractivity contribution in [1.29, 1.82) is 5.26 Å². The fraction of sp³-hybridized carbons (Fsp3) is 0.185. The van der Waals surface area contributed by atoms with E-state index in [9.17, 15) is 14.9 Å². The van der Waals surface area contributed by atoms with Crippen molar-refractivity contribution in [1.82, 2.24) is 14.7 Å². The number of nitriles is 1. The van der Waals surface area contributed by atoms with E-state index < -0.39 is 11.8 Å². The Morgan fingerprint density at radius 3 is 2.47 bits per heavy atom. The van der Waals surface area contributed by atoms with Gasteiger partial charge in [-0.1, -0.05) is 18.2 Å². The monoisotopic (exact) mass is 452 g/mol. The lowest BCUT2D eigenvalue weighted by molar-refractivity contribution is -0.138. The molecule has 0 aliphatic carbocycles. The van der Waals surface area contributed by atoms with Gasteiger partial charge in [-0.05, 0) is 68.3 Å². The van der Waals surface area contributed by atoms with Crippen LogP contribution in [0, 0.1) is 18.3 Å². The molecule has 0 saturated carbocycles. The van der Waals surface area contributed by atoms with Gasteiger partial charge in [0.25, 0.3) is 11.8 Å². The van der Waals surface area contributed by atoms with E-state index in [4.69, 9.17) is 9.84 Å². The average Bonchev–Trinajstić information content (AvgIpc) is 3.25. The maximum absolute atomic E-state index is 13.0. The number of carbonyl (C=O) groups is 2. The number of para-hydroxylation sites is 1. The van der Waals surface area contributed by atoms with Crippen LogP contribution >= 0.6 is 0 Å². The number of hydrogen-bond acceptors (Lipinski definition) is 5. The predicted octanol–water partition coefficient (Wildman–Crippen LogP) is 4.47. The Morgan fingerprint density at radius 2 is 1.82 bits per heavy atom. The molecular weight excluding hydrogens is 428 g/mol. The zero-order valence-corrected chi connectivity index (χ0v) is 19.5. The van der Waals surface area contributed by atoms with Crippen LogP contribution in [-0.2, 0) is 9.59 Å². The van der Waals surface area contributed by atoms with Crippen LogP contribution in [0.2, 0.25) is 0 Å². The molecule has 7 heteroatoms. The third-order valence-corrected chi connectivity index (χ3v) is 5.77. The van der Waals surface area contributed by atoms with E-state index in [1.807, 2.05) is 74.6 Å². The summed E-state index contributed by atoms with van der Waals surface area (Å²) >= 11 is 0. The van der Waals surface area contributed by atoms with Gasteiger partial charge in [-0.2, -0.15) is 10.4 Å². The maximum atomic E-state index is 13.0. The van der Waals surface area contributed by atoms with Crippen molar-refractivity contribution in [2.24, 2.45) is 0 Å². The van der Waals surface area contributed by atoms with E-state index in [-0.39, 0.29) is 11.1 Å². The summed E-state index contributed by atoms with van der Waals surface area (Å²) in [6, 6.07) is 17.4. The second kappa shape index (κ2) is 9.20. The predicted molar refractivity (Wildman–Crippen MR) is 129 cm³/mol. The highest BCUT2D eigenvalue weighted by atomic mass is 16.5. The first-order valence-electron chi connectivity index (χ1n) is 10.9. The number of rotatable bonds is 5. The van der Waals surface area contributed by atoms with Crippen LogP contribution in [0.1, 0.15) is 25.0 Å². The van der Waals surface area contributed by atoms with E-state index in [0.717, 1.165) is 27.5 Å². The fourth-order valence-electron chi connectivity index (χ4n) is 3.93. The topological polar surface area (TPSA) is 88.2 Å². The Balaban J connectivity index is 1.93. The number of carbonyl (C=O) groups excluding carboxylic acids is 2. The van der Waals surface area contributed by atoms with Gasteiger partial charge in [-0.15, -0.1) is 0 Å². The minimum absolute atomic E-state index is 0.0393. The number of ether oxygens (including phenoxy) is 1. The van der Waals surface area contributed by atoms with Gasteiger partial charge in [0, 0.05) is 29.9 Å². The summed E-state index contributed by atoms with van der Waals surface area (Å²) in [7, 11) is 1.38. The first-order valence-corrected chi connectivity index (χ1v) is 10.9. The van der Waals surface area contributed by atoms with Crippen LogP contribution < -0.4 is 4.74 Å². The van der Waals surface area contributed by atoms with Gasteiger partial charge < -0.3 is 4.74 Å². The summed E-state index contributed by atoms with van der Waals surface area (Å²) in [6.45, 7) is 6.10. The molecular formula is C27H24N4O3. The van der Waals surface area contributed by atoms with Crippen LogP contribution in [0.15, 0.2) is 71.4 Å². The smallest absolute Gasteiger partial charge is 0.271 e. The molecule has 2 heterocycles. The SMILES string of the molecule is CCOc1ccc(-c2nn(-c3ccccc3)cc2C=C2C(=O)N(C)C(=O)C(C#N)=C2C)c(C)c1. The molecule has 0 N–H and O–H groups in total. The molecule has 0 saturated heterocycles. The molecule has 0 atom stereocenters. The standard InChI is InChI=1S/C27H24N4O3/c1-5-34-21-11-12-22(17(2)13-21)25-19(16-31(29-25)20-9-7-6-8-10-20)14-23-18(3)24(15-28)27(33)30(4)26(23)32/h6-14,16H,5H2,1-4H3. The summed E-state index contributed by atoms with van der Waals surface area (Å²) in [5.41, 5.74) is 4.70. The lowest BCUT2D eigenvalue weighted by atomic mass is 9.93. The van der Waals surface area contributed by atoms with Gasteiger partial charge >= 0.3 is 0 Å². The number of aromatic nitrogens is 2. The number of likely N-dealkylation sites (N-methyl/N-ethyl adjacent to an activating group) is 1. The summed E-state index contributed by atoms with van der Waals surface area (Å²) in [5.74, 6) is -0.278. The molecule has 2 aromatic carbocycles. The van der Waals surface area contributed by atoms with E-state index in [0.29, 0.717) is 23.4 Å². The molecule has 4 rings (SSSR count). The zero-order chi connectivity index (χ0) is 24.4. The van der Waals surface area contributed by atoms with Crippen molar-refractivity contribution in [3.63, 3.8) is 0 Å². The lowest BCUT2D eigenvalue weighted by Gasteiger charge is -2.23. The molecule has 0 bridgehead atoms. The Bertz CT molecular complexity index is 1390. The van der Waals surface area contributed by atoms with Gasteiger partial charge in [0.05, 0.1) is 12.3 Å². The summed E-state index contributed by atoms with van der Waals surface area (Å²) in [4.78, 5) is 26.3. The molecule has 1 aliphatic heterocycles. The van der Waals surface area contributed by atoms with Gasteiger partial charge in [-0.3, -0.25) is 14.5 Å². The van der Waals surface area contributed by atoms with Crippen molar-refractivity contribution in [2.45, 2.75) is 20.8 Å². The number of aryl methyl sites for hydroxylation is 1. The lowest BCUT2D eigenvalue weighted by Crippen LogP contribution is -2.39. The molecule has 1 aromatic heterocycles. The molecule has 2 amide bonds. The molecule has 170 valence electrons. The Labute approximate surface area is 198 Å². The fourth-order valence-corrected chi connectivity index (χ4v) is 3.93. The van der Waals surface area contributed by atoms with Crippen molar-refractivity contribution >= 4 is 17.9 Å². The highest BCUT2D eigenvalue weighted by Gasteiger charge is 2.33. The number of amides is 2. The number of benzene rings is 2. The van der Waals surface area contributed by atoms with E-state index >= 15 is 0 Å². The van der Waals surface area contributed by atoms with Crippen LogP contribution in [0.3, 0.4) is 0 Å². The van der Waals surface area contributed by atoms with Crippen molar-refractivity contribution < 1.29 is 14.3 Å². The summed E-state index contributed by atoms with van der Waals surface area (Å²) < 4.78 is 7.38. The minimum Gasteiger partial charge on any atom is -0.494 e. The van der Waals surface area contributed by atoms with Crippen LogP contribution in [-0.4, -0.2) is 40.1 Å². The van der Waals surface area contributed by atoms with Crippen LogP contribution in [0.4, 0.5) is 0 Å². The van der Waals surface area contributed by atoms with E-state index in [1.165, 1.54) is 7.05 Å². The first kappa shape index (κ1) is 22.7. The maximum Gasteiger partial charge on any atom is 0.271 e. The zero-order valence-electron chi connectivity index (χ0n) is 19.5. The van der Waals surface area contributed by atoms with Crippen molar-refractivity contribution in [3.8, 4) is 28.8 Å². The van der Waals surface area contributed by atoms with E-state index in [1.54, 1.807) is 17.7 Å². The quantitative estimate of drug-likeness (QED) is 0.421. The van der Waals surface area contributed by atoms with Gasteiger partial charge in [0.1, 0.15) is 23.1 Å². The second-order valence-corrected chi connectivity index (χ2v) is 7.96. The molecule has 7 nitrogen and oxygen atoms in total. The van der Waals surface area contributed by atoms with Gasteiger partial charge in [0.15, 0.2) is 0 Å².